The lowest BCUT2D eigenvalue weighted by molar-refractivity contribution is -0.147. The number of benzene rings is 1. The molecule has 7 heteroatoms. The van der Waals surface area contributed by atoms with Crippen LogP contribution in [0.2, 0.25) is 0 Å². The molecule has 100 valence electrons. The Labute approximate surface area is 108 Å². The number of carboxylic acids is 1. The fraction of sp³-hybridized carbons (Fsp3) is 0.167. The number of carboxylic acid groups (broad SMARTS) is 1. The van der Waals surface area contributed by atoms with Crippen molar-refractivity contribution in [1.82, 2.24) is 5.48 Å². The molecule has 19 heavy (non-hydrogen) atoms. The summed E-state index contributed by atoms with van der Waals surface area (Å²) in [5, 5.41) is 8.30. The van der Waals surface area contributed by atoms with Gasteiger partial charge in [0.1, 0.15) is 0 Å². The van der Waals surface area contributed by atoms with E-state index in [2.05, 4.69) is 4.84 Å². The van der Waals surface area contributed by atoms with E-state index in [1.54, 1.807) is 24.3 Å². The lowest BCUT2D eigenvalue weighted by Crippen LogP contribution is -2.24. The van der Waals surface area contributed by atoms with Crippen molar-refractivity contribution in [1.29, 1.82) is 0 Å². The minimum atomic E-state index is -1.17. The van der Waals surface area contributed by atoms with Crippen molar-refractivity contribution >= 4 is 18.0 Å². The zero-order chi connectivity index (χ0) is 13.7. The van der Waals surface area contributed by atoms with E-state index in [0.717, 1.165) is 5.56 Å². The van der Waals surface area contributed by atoms with Gasteiger partial charge in [-0.1, -0.05) is 6.07 Å². The maximum Gasteiger partial charge on any atom is 0.332 e. The number of nitrogens with one attached hydrogen (secondary N) is 1. The number of fused-ring (bicyclic) bond motifs is 1. The molecule has 1 amide bonds. The molecule has 0 saturated carbocycles. The van der Waals surface area contributed by atoms with E-state index in [-0.39, 0.29) is 6.79 Å². The Morgan fingerprint density at radius 2 is 2.16 bits per heavy atom. The van der Waals surface area contributed by atoms with Crippen LogP contribution < -0.4 is 15.0 Å². The van der Waals surface area contributed by atoms with Crippen LogP contribution in [0.4, 0.5) is 0 Å². The summed E-state index contributed by atoms with van der Waals surface area (Å²) in [7, 11) is 0. The molecule has 0 radical (unpaired) electrons. The molecular weight excluding hydrogens is 254 g/mol. The lowest BCUT2D eigenvalue weighted by atomic mass is 10.2. The Morgan fingerprint density at radius 3 is 2.95 bits per heavy atom. The molecular formula is C12H11NO6. The highest BCUT2D eigenvalue weighted by Gasteiger charge is 2.12. The van der Waals surface area contributed by atoms with Crippen molar-refractivity contribution in [2.75, 3.05) is 13.4 Å². The number of hydrogen-bond acceptors (Lipinski definition) is 5. The highest BCUT2D eigenvalue weighted by molar-refractivity contribution is 5.91. The summed E-state index contributed by atoms with van der Waals surface area (Å²) in [4.78, 5) is 25.8. The van der Waals surface area contributed by atoms with Crippen LogP contribution in [0.3, 0.4) is 0 Å². The number of aliphatic carboxylic acids is 1. The molecule has 0 saturated heterocycles. The molecule has 0 unspecified atom stereocenters. The van der Waals surface area contributed by atoms with E-state index in [0.29, 0.717) is 11.5 Å². The molecule has 7 nitrogen and oxygen atoms in total. The first kappa shape index (κ1) is 12.9. The summed E-state index contributed by atoms with van der Waals surface area (Å²) in [5.41, 5.74) is 2.72. The van der Waals surface area contributed by atoms with Gasteiger partial charge in [-0.15, -0.1) is 0 Å². The molecule has 1 aromatic carbocycles. The quantitative estimate of drug-likeness (QED) is 0.596. The van der Waals surface area contributed by atoms with Gasteiger partial charge in [0.25, 0.3) is 5.91 Å². The van der Waals surface area contributed by atoms with E-state index < -0.39 is 18.5 Å². The van der Waals surface area contributed by atoms with Crippen molar-refractivity contribution in [2.45, 2.75) is 0 Å². The van der Waals surface area contributed by atoms with E-state index in [1.807, 2.05) is 5.48 Å². The minimum absolute atomic E-state index is 0.187. The molecule has 0 bridgehead atoms. The standard InChI is InChI=1S/C12H11NO6/c14-11(13-19-6-12(15)16)4-2-8-1-3-9-10(5-8)18-7-17-9/h1-5H,6-7H2,(H,13,14)(H,15,16). The molecule has 1 heterocycles. The second-order valence-electron chi connectivity index (χ2n) is 3.59. The summed E-state index contributed by atoms with van der Waals surface area (Å²) < 4.78 is 10.3. The average Bonchev–Trinajstić information content (AvgIpc) is 2.83. The largest absolute Gasteiger partial charge is 0.479 e. The number of amides is 1. The third-order valence-corrected chi connectivity index (χ3v) is 2.19. The predicted molar refractivity (Wildman–Crippen MR) is 63.3 cm³/mol. The molecule has 0 spiro atoms. The van der Waals surface area contributed by atoms with Gasteiger partial charge in [-0.05, 0) is 23.8 Å². The zero-order valence-electron chi connectivity index (χ0n) is 9.79. The van der Waals surface area contributed by atoms with E-state index in [1.165, 1.54) is 6.08 Å². The first-order valence-electron chi connectivity index (χ1n) is 5.36. The molecule has 1 aromatic rings. The SMILES string of the molecule is O=C(O)CONC(=O)C=Cc1ccc2c(c1)OCO2. The lowest BCUT2D eigenvalue weighted by Gasteiger charge is -2.00. The highest BCUT2D eigenvalue weighted by atomic mass is 16.7. The smallest absolute Gasteiger partial charge is 0.332 e. The molecule has 0 aromatic heterocycles. The predicted octanol–water partition coefficient (Wildman–Crippen LogP) is 0.561. The molecule has 0 atom stereocenters. The Balaban J connectivity index is 1.88. The first-order valence-corrected chi connectivity index (χ1v) is 5.36. The second kappa shape index (κ2) is 5.87. The number of ether oxygens (including phenoxy) is 2. The number of hydroxylamine groups is 1. The van der Waals surface area contributed by atoms with Gasteiger partial charge in [-0.25, -0.2) is 10.3 Å². The average molecular weight is 265 g/mol. The molecule has 0 aliphatic carbocycles. The maximum absolute atomic E-state index is 11.3. The zero-order valence-corrected chi connectivity index (χ0v) is 9.79. The number of carbonyl (C=O) groups is 2. The van der Waals surface area contributed by atoms with Crippen LogP contribution in [0.25, 0.3) is 6.08 Å². The van der Waals surface area contributed by atoms with Gasteiger partial charge >= 0.3 is 5.97 Å². The summed E-state index contributed by atoms with van der Waals surface area (Å²) in [5.74, 6) is -0.449. The Kier molecular flexibility index (Phi) is 3.99. The summed E-state index contributed by atoms with van der Waals surface area (Å²) in [6.45, 7) is -0.407. The maximum atomic E-state index is 11.3. The van der Waals surface area contributed by atoms with Crippen molar-refractivity contribution in [3.05, 3.63) is 29.8 Å². The number of rotatable bonds is 5. The van der Waals surface area contributed by atoms with Crippen LogP contribution in [-0.2, 0) is 14.4 Å². The van der Waals surface area contributed by atoms with Crippen LogP contribution in [0.5, 0.6) is 11.5 Å². The van der Waals surface area contributed by atoms with Crippen molar-refractivity contribution in [3.63, 3.8) is 0 Å². The third-order valence-electron chi connectivity index (χ3n) is 2.19. The second-order valence-corrected chi connectivity index (χ2v) is 3.59. The van der Waals surface area contributed by atoms with E-state index >= 15 is 0 Å². The van der Waals surface area contributed by atoms with Crippen molar-refractivity contribution in [2.24, 2.45) is 0 Å². The van der Waals surface area contributed by atoms with Crippen LogP contribution in [0, 0.1) is 0 Å². The molecule has 0 fully saturated rings. The van der Waals surface area contributed by atoms with Gasteiger partial charge < -0.3 is 14.6 Å². The fourth-order valence-corrected chi connectivity index (χ4v) is 1.39. The van der Waals surface area contributed by atoms with Gasteiger partial charge in [-0.2, -0.15) is 0 Å². The van der Waals surface area contributed by atoms with Crippen LogP contribution in [-0.4, -0.2) is 30.4 Å². The van der Waals surface area contributed by atoms with Gasteiger partial charge in [0.15, 0.2) is 18.1 Å². The number of hydrogen-bond donors (Lipinski definition) is 2. The first-order chi connectivity index (χ1) is 9.15. The molecule has 1 aliphatic heterocycles. The monoisotopic (exact) mass is 265 g/mol. The highest BCUT2D eigenvalue weighted by Crippen LogP contribution is 2.32. The fourth-order valence-electron chi connectivity index (χ4n) is 1.39. The van der Waals surface area contributed by atoms with Gasteiger partial charge in [-0.3, -0.25) is 9.63 Å². The van der Waals surface area contributed by atoms with E-state index in [9.17, 15) is 9.59 Å². The van der Waals surface area contributed by atoms with Crippen LogP contribution >= 0.6 is 0 Å². The van der Waals surface area contributed by atoms with Gasteiger partial charge in [0.05, 0.1) is 0 Å². The van der Waals surface area contributed by atoms with E-state index in [4.69, 9.17) is 14.6 Å². The minimum Gasteiger partial charge on any atom is -0.479 e. The third kappa shape index (κ3) is 3.71. The normalized spacial score (nSPS) is 12.6. The topological polar surface area (TPSA) is 94.1 Å². The van der Waals surface area contributed by atoms with Crippen LogP contribution in [0.1, 0.15) is 5.56 Å². The molecule has 2 N–H and O–H groups in total. The Bertz CT molecular complexity index is 525. The summed E-state index contributed by atoms with van der Waals surface area (Å²) in [6.07, 6.45) is 2.76. The van der Waals surface area contributed by atoms with Crippen molar-refractivity contribution < 1.29 is 29.0 Å². The van der Waals surface area contributed by atoms with Crippen molar-refractivity contribution in [3.8, 4) is 11.5 Å². The van der Waals surface area contributed by atoms with Crippen LogP contribution in [0.15, 0.2) is 24.3 Å². The summed E-state index contributed by atoms with van der Waals surface area (Å²) in [6, 6.07) is 5.22. The molecule has 1 aliphatic rings. The van der Waals surface area contributed by atoms with Gasteiger partial charge in [0.2, 0.25) is 6.79 Å². The number of carbonyl (C=O) groups excluding carboxylic acids is 1. The van der Waals surface area contributed by atoms with Gasteiger partial charge in [0, 0.05) is 6.08 Å². The Morgan fingerprint density at radius 1 is 1.37 bits per heavy atom. The molecule has 2 rings (SSSR count). The summed E-state index contributed by atoms with van der Waals surface area (Å²) >= 11 is 0. The Hall–Kier alpha value is -2.54.